The van der Waals surface area contributed by atoms with Crippen molar-refractivity contribution in [2.75, 3.05) is 13.6 Å². The van der Waals surface area contributed by atoms with Crippen molar-refractivity contribution in [3.05, 3.63) is 70.5 Å². The summed E-state index contributed by atoms with van der Waals surface area (Å²) in [5.41, 5.74) is -2.02. The molecule has 0 amide bonds. The Labute approximate surface area is 130 Å². The molecule has 1 aliphatic carbocycles. The molecule has 1 unspecified atom stereocenters. The number of nitrogens with one attached hydrogen (secondary N) is 1. The van der Waals surface area contributed by atoms with Crippen LogP contribution in [0.4, 0.5) is 22.0 Å². The fraction of sp³-hybridized carbons (Fsp3) is 0.294. The van der Waals surface area contributed by atoms with Gasteiger partial charge in [0.1, 0.15) is 5.82 Å². The molecule has 0 saturated carbocycles. The highest BCUT2D eigenvalue weighted by atomic mass is 19.3. The molecule has 0 bridgehead atoms. The molecule has 1 N–H and O–H groups in total. The predicted molar refractivity (Wildman–Crippen MR) is 76.4 cm³/mol. The van der Waals surface area contributed by atoms with Crippen LogP contribution in [0.2, 0.25) is 0 Å². The molecule has 0 fully saturated rings. The summed E-state index contributed by atoms with van der Waals surface area (Å²) >= 11 is 0. The van der Waals surface area contributed by atoms with Gasteiger partial charge in [0.05, 0.1) is 5.56 Å². The number of hydrogen-bond donors (Lipinski definition) is 1. The minimum atomic E-state index is -4.63. The zero-order chi connectivity index (χ0) is 16.8. The van der Waals surface area contributed by atoms with E-state index in [1.165, 1.54) is 30.3 Å². The van der Waals surface area contributed by atoms with Gasteiger partial charge in [0.25, 0.3) is 0 Å². The van der Waals surface area contributed by atoms with Crippen molar-refractivity contribution in [2.24, 2.45) is 0 Å². The van der Waals surface area contributed by atoms with Crippen LogP contribution in [0.15, 0.2) is 42.5 Å². The van der Waals surface area contributed by atoms with Crippen LogP contribution in [-0.4, -0.2) is 13.6 Å². The van der Waals surface area contributed by atoms with Crippen LogP contribution in [0.1, 0.15) is 28.2 Å². The molecule has 122 valence electrons. The van der Waals surface area contributed by atoms with Gasteiger partial charge in [-0.05, 0) is 24.2 Å². The van der Waals surface area contributed by atoms with E-state index in [0.717, 1.165) is 12.1 Å². The summed E-state index contributed by atoms with van der Waals surface area (Å²) in [5.74, 6) is -11.2. The van der Waals surface area contributed by atoms with E-state index in [1.807, 2.05) is 0 Å². The number of alkyl halides is 4. The average molecular weight is 327 g/mol. The Hall–Kier alpha value is -1.95. The molecule has 1 atom stereocenters. The first-order valence-corrected chi connectivity index (χ1v) is 7.11. The van der Waals surface area contributed by atoms with Gasteiger partial charge in [-0.1, -0.05) is 36.4 Å². The minimum absolute atomic E-state index is 0.0795. The number of rotatable bonds is 2. The van der Waals surface area contributed by atoms with Crippen LogP contribution in [0.5, 0.6) is 0 Å². The molecule has 2 aromatic rings. The number of likely N-dealkylation sites (N-methyl/N-ethyl adjacent to an activating group) is 1. The fourth-order valence-corrected chi connectivity index (χ4v) is 3.17. The second kappa shape index (κ2) is 5.30. The van der Waals surface area contributed by atoms with E-state index >= 15 is 0 Å². The predicted octanol–water partition coefficient (Wildman–Crippen LogP) is 4.37. The lowest BCUT2D eigenvalue weighted by Gasteiger charge is -2.27. The van der Waals surface area contributed by atoms with Crippen LogP contribution in [0.3, 0.4) is 0 Å². The van der Waals surface area contributed by atoms with Gasteiger partial charge >= 0.3 is 11.8 Å². The van der Waals surface area contributed by atoms with Crippen LogP contribution in [0, 0.1) is 5.82 Å². The zero-order valence-electron chi connectivity index (χ0n) is 12.2. The van der Waals surface area contributed by atoms with Gasteiger partial charge < -0.3 is 5.32 Å². The van der Waals surface area contributed by atoms with E-state index in [0.29, 0.717) is 0 Å². The Balaban J connectivity index is 2.42. The summed E-state index contributed by atoms with van der Waals surface area (Å²) in [6.45, 7) is 0.139. The third-order valence-corrected chi connectivity index (χ3v) is 4.21. The Morgan fingerprint density at radius 1 is 0.913 bits per heavy atom. The quantitative estimate of drug-likeness (QED) is 0.808. The Morgan fingerprint density at radius 2 is 1.57 bits per heavy atom. The second-order valence-electron chi connectivity index (χ2n) is 5.55. The van der Waals surface area contributed by atoms with E-state index < -0.39 is 34.7 Å². The highest BCUT2D eigenvalue weighted by Gasteiger charge is 2.63. The van der Waals surface area contributed by atoms with Crippen molar-refractivity contribution < 1.29 is 22.0 Å². The largest absolute Gasteiger partial charge is 0.342 e. The van der Waals surface area contributed by atoms with Gasteiger partial charge in [-0.2, -0.15) is 17.6 Å². The molecule has 6 heteroatoms. The lowest BCUT2D eigenvalue weighted by Crippen LogP contribution is -2.36. The van der Waals surface area contributed by atoms with Crippen LogP contribution in [-0.2, 0) is 11.8 Å². The first-order chi connectivity index (χ1) is 10.8. The van der Waals surface area contributed by atoms with Gasteiger partial charge in [-0.15, -0.1) is 0 Å². The topological polar surface area (TPSA) is 12.0 Å². The van der Waals surface area contributed by atoms with Crippen LogP contribution < -0.4 is 5.32 Å². The molecular formula is C17H14F5N. The SMILES string of the molecule is CNCC1c2ccccc2C(F)(F)C(F)(F)c2c(F)cccc21. The van der Waals surface area contributed by atoms with E-state index in [1.54, 1.807) is 7.05 Å². The smallest absolute Gasteiger partial charge is 0.319 e. The molecule has 1 aliphatic rings. The Morgan fingerprint density at radius 3 is 2.26 bits per heavy atom. The highest BCUT2D eigenvalue weighted by Crippen LogP contribution is 2.56. The number of benzene rings is 2. The maximum Gasteiger partial charge on any atom is 0.342 e. The normalized spacial score (nSPS) is 21.2. The van der Waals surface area contributed by atoms with Gasteiger partial charge in [-0.3, -0.25) is 0 Å². The van der Waals surface area contributed by atoms with E-state index in [-0.39, 0.29) is 17.7 Å². The first kappa shape index (κ1) is 15.9. The lowest BCUT2D eigenvalue weighted by atomic mass is 9.87. The van der Waals surface area contributed by atoms with Gasteiger partial charge in [0, 0.05) is 18.0 Å². The molecule has 0 heterocycles. The molecule has 23 heavy (non-hydrogen) atoms. The lowest BCUT2D eigenvalue weighted by molar-refractivity contribution is -0.224. The molecule has 0 aliphatic heterocycles. The molecular weight excluding hydrogens is 313 g/mol. The van der Waals surface area contributed by atoms with E-state index in [2.05, 4.69) is 5.32 Å². The number of hydrogen-bond acceptors (Lipinski definition) is 1. The number of halogens is 5. The van der Waals surface area contributed by atoms with Crippen molar-refractivity contribution in [1.82, 2.24) is 5.32 Å². The summed E-state index contributed by atoms with van der Waals surface area (Å²) in [4.78, 5) is 0. The number of fused-ring (bicyclic) bond motifs is 2. The molecule has 0 saturated heterocycles. The summed E-state index contributed by atoms with van der Waals surface area (Å²) in [7, 11) is 1.59. The summed E-state index contributed by atoms with van der Waals surface area (Å²) < 4.78 is 72.4. The first-order valence-electron chi connectivity index (χ1n) is 7.11. The zero-order valence-corrected chi connectivity index (χ0v) is 12.2. The molecule has 0 aromatic heterocycles. The molecule has 3 rings (SSSR count). The maximum atomic E-state index is 14.6. The van der Waals surface area contributed by atoms with Gasteiger partial charge in [-0.25, -0.2) is 4.39 Å². The Bertz CT molecular complexity index is 742. The van der Waals surface area contributed by atoms with Gasteiger partial charge in [0.2, 0.25) is 0 Å². The minimum Gasteiger partial charge on any atom is -0.319 e. The third kappa shape index (κ3) is 2.16. The van der Waals surface area contributed by atoms with Gasteiger partial charge in [0.15, 0.2) is 0 Å². The maximum absolute atomic E-state index is 14.6. The van der Waals surface area contributed by atoms with Crippen LogP contribution in [0.25, 0.3) is 0 Å². The highest BCUT2D eigenvalue weighted by molar-refractivity contribution is 5.50. The Kier molecular flexibility index (Phi) is 3.67. The van der Waals surface area contributed by atoms with Crippen molar-refractivity contribution in [3.8, 4) is 0 Å². The van der Waals surface area contributed by atoms with E-state index in [9.17, 15) is 22.0 Å². The van der Waals surface area contributed by atoms with Crippen molar-refractivity contribution in [3.63, 3.8) is 0 Å². The summed E-state index contributed by atoms with van der Waals surface area (Å²) in [6.07, 6.45) is 0. The van der Waals surface area contributed by atoms with E-state index in [4.69, 9.17) is 0 Å². The van der Waals surface area contributed by atoms with Crippen molar-refractivity contribution >= 4 is 0 Å². The summed E-state index contributed by atoms with van der Waals surface area (Å²) in [6, 6.07) is 8.50. The third-order valence-electron chi connectivity index (χ3n) is 4.21. The van der Waals surface area contributed by atoms with Crippen molar-refractivity contribution in [2.45, 2.75) is 17.8 Å². The second-order valence-corrected chi connectivity index (χ2v) is 5.55. The molecule has 0 spiro atoms. The standard InChI is InChI=1S/C17H14F5N/c1-23-9-12-10-5-2-3-7-13(10)16(19,20)17(21,22)15-11(12)6-4-8-14(15)18/h2-8,12,23H,9H2,1H3. The fourth-order valence-electron chi connectivity index (χ4n) is 3.17. The summed E-state index contributed by atoms with van der Waals surface area (Å²) in [5, 5.41) is 2.81. The average Bonchev–Trinajstić information content (AvgIpc) is 2.56. The monoisotopic (exact) mass is 327 g/mol. The van der Waals surface area contributed by atoms with Crippen molar-refractivity contribution in [1.29, 1.82) is 0 Å². The molecule has 1 nitrogen and oxygen atoms in total. The molecule has 2 aromatic carbocycles. The van der Waals surface area contributed by atoms with Crippen LogP contribution >= 0.6 is 0 Å². The molecule has 0 radical (unpaired) electrons.